The van der Waals surface area contributed by atoms with Gasteiger partial charge in [0.25, 0.3) is 0 Å². The monoisotopic (exact) mass is 1420 g/mol. The normalized spacial score (nSPS) is 14.4. The van der Waals surface area contributed by atoms with Crippen LogP contribution in [-0.4, -0.2) is 104 Å². The maximum atomic E-state index is 13.1. The Balaban J connectivity index is 5.30. The zero-order valence-electron chi connectivity index (χ0n) is 61.7. The Morgan fingerprint density at radius 1 is 0.327 bits per heavy atom. The molecule has 0 amide bonds. The largest absolute Gasteiger partial charge is 0.472 e. The summed E-state index contributed by atoms with van der Waals surface area (Å²) in [5.41, 5.74) is 0. The van der Waals surface area contributed by atoms with Crippen LogP contribution in [0.2, 0.25) is 0 Å². The molecule has 0 radical (unpaired) electrons. The molecule has 98 heavy (non-hydrogen) atoms. The summed E-state index contributed by atoms with van der Waals surface area (Å²) < 4.78 is 69.2. The number of phosphoric acid groups is 2. The standard InChI is InChI=1S/C79H140O17P2/c1-4-7-10-13-16-19-22-25-28-33-38-43-48-53-58-63-77(82)90-70-75(89-67-62-57-52-47-42-37-32-31-36-41-46-51-56-61-66-80)72-94-97(85,86)92-68-74(81)69-93-98(87,88)95-73-76(96-79(84)65-60-55-50-45-40-35-30-27-24-21-18-15-12-9-6-3)71-91-78(83)64-59-54-49-44-39-34-29-26-23-20-17-14-11-8-5-2/h16-21,25-32,66,74-76,81H,4-15,22-24,33-65,67-73H2,1-3H3,(H,85,86)(H,87,88)/b19-16-,20-17-,21-18-,28-25-,29-26-,30-27-,32-31-/t74-,75-,76-/m1/s1. The average molecular weight is 1420 g/mol. The molecule has 0 bridgehead atoms. The molecule has 19 heteroatoms. The van der Waals surface area contributed by atoms with Crippen LogP contribution in [0.15, 0.2) is 85.1 Å². The molecule has 0 aromatic carbocycles. The van der Waals surface area contributed by atoms with Crippen molar-refractivity contribution in [2.24, 2.45) is 0 Å². The number of phosphoric ester groups is 2. The lowest BCUT2D eigenvalue weighted by atomic mass is 10.1. The van der Waals surface area contributed by atoms with E-state index in [9.17, 15) is 43.2 Å². The first-order chi connectivity index (χ1) is 47.8. The predicted molar refractivity (Wildman–Crippen MR) is 400 cm³/mol. The summed E-state index contributed by atoms with van der Waals surface area (Å²) in [4.78, 5) is 70.4. The Morgan fingerprint density at radius 2 is 0.602 bits per heavy atom. The molecule has 0 aliphatic heterocycles. The molecule has 0 spiro atoms. The van der Waals surface area contributed by atoms with Gasteiger partial charge in [0.2, 0.25) is 0 Å². The smallest absolute Gasteiger partial charge is 0.463 e. The lowest BCUT2D eigenvalue weighted by Gasteiger charge is -2.21. The van der Waals surface area contributed by atoms with Gasteiger partial charge >= 0.3 is 33.6 Å². The molecule has 0 fully saturated rings. The Labute approximate surface area is 595 Å². The second kappa shape index (κ2) is 73.2. The number of carbonyl (C=O) groups excluding carboxylic acids is 4. The fraction of sp³-hybridized carbons (Fsp3) is 0.772. The SMILES string of the molecule is CCCCC/C=C\C/C=C\CCCCCCCC(=O)OC[C@H](COP(=O)(O)OC[C@@H](O)COP(=O)(O)OC[C@@H](COC(=O)CCCCCCC/C=C\C/C=C\CCCCC)OC(=O)CCCCCCC/C=C\C/C=C\CCCCC)OCCCCCCC/C=C\CCCCCCC=O. The van der Waals surface area contributed by atoms with E-state index in [0.29, 0.717) is 38.7 Å². The quantitative estimate of drug-likeness (QED) is 0.0128. The van der Waals surface area contributed by atoms with E-state index in [1.165, 1.54) is 57.8 Å². The number of ether oxygens (including phenoxy) is 4. The molecule has 0 aliphatic rings. The van der Waals surface area contributed by atoms with Crippen LogP contribution in [-0.2, 0) is 65.4 Å². The summed E-state index contributed by atoms with van der Waals surface area (Å²) in [7, 11) is -9.81. The van der Waals surface area contributed by atoms with Gasteiger partial charge in [-0.15, -0.1) is 0 Å². The van der Waals surface area contributed by atoms with E-state index in [2.05, 4.69) is 106 Å². The topological polar surface area (TPSA) is 237 Å². The fourth-order valence-corrected chi connectivity index (χ4v) is 11.9. The van der Waals surface area contributed by atoms with Gasteiger partial charge < -0.3 is 38.6 Å². The summed E-state index contributed by atoms with van der Waals surface area (Å²) in [6.07, 6.45) is 74.8. The molecule has 0 rings (SSSR count). The highest BCUT2D eigenvalue weighted by Gasteiger charge is 2.30. The van der Waals surface area contributed by atoms with Gasteiger partial charge in [-0.3, -0.25) is 32.5 Å². The molecular formula is C79H140O17P2. The zero-order chi connectivity index (χ0) is 71.6. The minimum Gasteiger partial charge on any atom is -0.463 e. The minimum atomic E-state index is -4.95. The second-order valence-electron chi connectivity index (χ2n) is 25.9. The zero-order valence-corrected chi connectivity index (χ0v) is 63.5. The maximum absolute atomic E-state index is 13.1. The molecule has 568 valence electrons. The highest BCUT2D eigenvalue weighted by atomic mass is 31.2. The van der Waals surface area contributed by atoms with Crippen molar-refractivity contribution < 1.29 is 80.2 Å². The van der Waals surface area contributed by atoms with Crippen LogP contribution in [0.25, 0.3) is 0 Å². The number of carbonyl (C=O) groups is 4. The van der Waals surface area contributed by atoms with Gasteiger partial charge in [-0.25, -0.2) is 9.13 Å². The van der Waals surface area contributed by atoms with Gasteiger partial charge in [0.1, 0.15) is 31.7 Å². The van der Waals surface area contributed by atoms with Crippen molar-refractivity contribution >= 4 is 39.8 Å². The molecule has 17 nitrogen and oxygen atoms in total. The summed E-state index contributed by atoms with van der Waals surface area (Å²) in [6, 6.07) is 0. The molecule has 0 saturated heterocycles. The number of aliphatic hydroxyl groups is 1. The maximum Gasteiger partial charge on any atom is 0.472 e. The van der Waals surface area contributed by atoms with E-state index >= 15 is 0 Å². The van der Waals surface area contributed by atoms with E-state index in [0.717, 1.165) is 205 Å². The van der Waals surface area contributed by atoms with Gasteiger partial charge in [-0.05, 0) is 154 Å². The molecule has 5 atom stereocenters. The van der Waals surface area contributed by atoms with Crippen molar-refractivity contribution in [3.8, 4) is 0 Å². The molecule has 3 N–H and O–H groups in total. The fourth-order valence-electron chi connectivity index (χ4n) is 10.3. The van der Waals surface area contributed by atoms with Crippen molar-refractivity contribution in [3.63, 3.8) is 0 Å². The van der Waals surface area contributed by atoms with E-state index in [4.69, 9.17) is 37.0 Å². The van der Waals surface area contributed by atoms with Crippen molar-refractivity contribution in [2.45, 2.75) is 347 Å². The molecule has 0 aromatic rings. The molecule has 2 unspecified atom stereocenters. The highest BCUT2D eigenvalue weighted by molar-refractivity contribution is 7.47. The third kappa shape index (κ3) is 72.2. The van der Waals surface area contributed by atoms with E-state index in [-0.39, 0.29) is 25.9 Å². The van der Waals surface area contributed by atoms with Crippen molar-refractivity contribution in [2.75, 3.05) is 46.2 Å². The van der Waals surface area contributed by atoms with Crippen LogP contribution >= 0.6 is 15.6 Å². The molecular weight excluding hydrogens is 1280 g/mol. The minimum absolute atomic E-state index is 0.0876. The number of unbranched alkanes of at least 4 members (excludes halogenated alkanes) is 34. The first-order valence-corrected chi connectivity index (χ1v) is 41.8. The summed E-state index contributed by atoms with van der Waals surface area (Å²) in [6.45, 7) is 3.41. The number of aldehydes is 1. The van der Waals surface area contributed by atoms with Gasteiger partial charge in [-0.2, -0.15) is 0 Å². The van der Waals surface area contributed by atoms with E-state index in [1.54, 1.807) is 0 Å². The second-order valence-corrected chi connectivity index (χ2v) is 28.8. The number of hydrogen-bond acceptors (Lipinski definition) is 15. The first kappa shape index (κ1) is 94.4. The van der Waals surface area contributed by atoms with E-state index < -0.39 is 84.9 Å². The molecule has 0 saturated carbocycles. The predicted octanol–water partition coefficient (Wildman–Crippen LogP) is 21.9. The summed E-state index contributed by atoms with van der Waals surface area (Å²) in [5, 5.41) is 10.6. The Kier molecular flexibility index (Phi) is 70.5. The third-order valence-electron chi connectivity index (χ3n) is 16.3. The van der Waals surface area contributed by atoms with Crippen LogP contribution in [0.3, 0.4) is 0 Å². The van der Waals surface area contributed by atoms with E-state index in [1.807, 2.05) is 0 Å². The number of allylic oxidation sites excluding steroid dienone is 14. The van der Waals surface area contributed by atoms with Crippen LogP contribution in [0, 0.1) is 0 Å². The van der Waals surface area contributed by atoms with Crippen molar-refractivity contribution in [1.29, 1.82) is 0 Å². The highest BCUT2D eigenvalue weighted by Crippen LogP contribution is 2.45. The van der Waals surface area contributed by atoms with Crippen LogP contribution in [0.5, 0.6) is 0 Å². The number of aliphatic hydroxyl groups excluding tert-OH is 1. The van der Waals surface area contributed by atoms with Gasteiger partial charge in [-0.1, -0.05) is 234 Å². The van der Waals surface area contributed by atoms with Gasteiger partial charge in [0.15, 0.2) is 6.10 Å². The van der Waals surface area contributed by atoms with Crippen LogP contribution in [0.4, 0.5) is 0 Å². The van der Waals surface area contributed by atoms with Gasteiger partial charge in [0.05, 0.1) is 26.4 Å². The van der Waals surface area contributed by atoms with Crippen molar-refractivity contribution in [1.82, 2.24) is 0 Å². The summed E-state index contributed by atoms with van der Waals surface area (Å²) >= 11 is 0. The van der Waals surface area contributed by atoms with Gasteiger partial charge in [0, 0.05) is 32.3 Å². The lowest BCUT2D eigenvalue weighted by molar-refractivity contribution is -0.161. The summed E-state index contributed by atoms with van der Waals surface area (Å²) in [5.74, 6) is -1.50. The Morgan fingerprint density at radius 3 is 0.959 bits per heavy atom. The molecule has 0 aliphatic carbocycles. The first-order valence-electron chi connectivity index (χ1n) is 38.8. The van der Waals surface area contributed by atoms with Crippen molar-refractivity contribution in [3.05, 3.63) is 85.1 Å². The number of esters is 3. The molecule has 0 heterocycles. The van der Waals surface area contributed by atoms with Crippen LogP contribution < -0.4 is 0 Å². The number of rotatable bonds is 75. The Bertz CT molecular complexity index is 2160. The third-order valence-corrected chi connectivity index (χ3v) is 18.2. The number of hydrogen-bond donors (Lipinski definition) is 3. The lowest BCUT2D eigenvalue weighted by Crippen LogP contribution is -2.30. The Hall–Kier alpha value is -3.60. The molecule has 0 aromatic heterocycles. The average Bonchev–Trinajstić information content (AvgIpc) is 1.04. The van der Waals surface area contributed by atoms with Crippen LogP contribution in [0.1, 0.15) is 329 Å².